The molecule has 0 aromatic rings. The average molecular weight is 412 g/mol. The van der Waals surface area contributed by atoms with Gasteiger partial charge in [0.15, 0.2) is 0 Å². The minimum Gasteiger partial charge on any atom is -0.312 e. The third-order valence-corrected chi connectivity index (χ3v) is 7.01. The van der Waals surface area contributed by atoms with E-state index in [0.29, 0.717) is 23.9 Å². The van der Waals surface area contributed by atoms with E-state index in [4.69, 9.17) is 0 Å². The smallest absolute Gasteiger partial charge is 0.108 e. The number of nitrogens with zero attached hydrogens (tertiary/aromatic N) is 2. The summed E-state index contributed by atoms with van der Waals surface area (Å²) in [6, 6.07) is 1.11. The lowest BCUT2D eigenvalue weighted by atomic mass is 9.83. The number of alkyl halides is 1. The van der Waals surface area contributed by atoms with E-state index in [2.05, 4.69) is 57.6 Å². The van der Waals surface area contributed by atoms with Gasteiger partial charge in [-0.05, 0) is 50.5 Å². The van der Waals surface area contributed by atoms with E-state index < -0.39 is 0 Å². The van der Waals surface area contributed by atoms with Crippen LogP contribution in [0.4, 0.5) is 4.39 Å². The number of hydrogen-bond acceptors (Lipinski definition) is 3. The fraction of sp³-hybridized carbons (Fsp3) is 0.615. The van der Waals surface area contributed by atoms with E-state index in [1.165, 1.54) is 38.8 Å². The second kappa shape index (κ2) is 11.2. The average Bonchev–Trinajstić information content (AvgIpc) is 3.58. The molecule has 0 bridgehead atoms. The Hall–Kier alpha value is -1.49. The van der Waals surface area contributed by atoms with Crippen molar-refractivity contribution in [3.63, 3.8) is 0 Å². The van der Waals surface area contributed by atoms with Crippen LogP contribution in [-0.2, 0) is 0 Å². The summed E-state index contributed by atoms with van der Waals surface area (Å²) in [5.41, 5.74) is 1.62. The first-order valence-electron chi connectivity index (χ1n) is 12.0. The van der Waals surface area contributed by atoms with Crippen molar-refractivity contribution in [1.82, 2.24) is 15.1 Å². The van der Waals surface area contributed by atoms with Gasteiger partial charge in [-0.15, -0.1) is 0 Å². The van der Waals surface area contributed by atoms with Gasteiger partial charge in [0.2, 0.25) is 0 Å². The molecule has 4 heteroatoms. The van der Waals surface area contributed by atoms with Gasteiger partial charge in [-0.1, -0.05) is 60.3 Å². The molecule has 164 valence electrons. The van der Waals surface area contributed by atoms with Gasteiger partial charge in [0.1, 0.15) is 6.67 Å². The minimum atomic E-state index is -0.339. The van der Waals surface area contributed by atoms with E-state index >= 15 is 0 Å². The summed E-state index contributed by atoms with van der Waals surface area (Å²) < 4.78 is 12.2. The zero-order valence-electron chi connectivity index (χ0n) is 18.3. The van der Waals surface area contributed by atoms with Crippen LogP contribution in [0.2, 0.25) is 0 Å². The summed E-state index contributed by atoms with van der Waals surface area (Å²) >= 11 is 0. The predicted molar refractivity (Wildman–Crippen MR) is 124 cm³/mol. The molecule has 4 aliphatic rings. The molecule has 0 spiro atoms. The van der Waals surface area contributed by atoms with Crippen LogP contribution in [0, 0.1) is 11.8 Å². The normalized spacial score (nSPS) is 31.1. The number of hydrogen-bond donors (Lipinski definition) is 1. The molecular weight excluding hydrogens is 373 g/mol. The maximum Gasteiger partial charge on any atom is 0.108 e. The molecule has 0 aromatic heterocycles. The third-order valence-electron chi connectivity index (χ3n) is 7.01. The standard InChI is InChI=1S/C26H38FN3/c27-14-7-13-24-21-25(24)28-15-18-29-16-8-17-30(20-19-29)26(22-9-3-1-4-10-22)23-11-5-2-6-12-23/h1-5,7,9,11,13,22,24-26,28H,6,8,10,12,14-21H2/b13-7+. The summed E-state index contributed by atoms with van der Waals surface area (Å²) in [7, 11) is 0. The van der Waals surface area contributed by atoms with Gasteiger partial charge in [-0.2, -0.15) is 0 Å². The van der Waals surface area contributed by atoms with Crippen LogP contribution in [0.25, 0.3) is 0 Å². The Morgan fingerprint density at radius 1 is 1.13 bits per heavy atom. The van der Waals surface area contributed by atoms with Crippen LogP contribution in [0.3, 0.4) is 0 Å². The third kappa shape index (κ3) is 6.03. The topological polar surface area (TPSA) is 18.5 Å². The molecule has 0 amide bonds. The van der Waals surface area contributed by atoms with Crippen molar-refractivity contribution < 1.29 is 4.39 Å². The molecule has 4 rings (SSSR count). The van der Waals surface area contributed by atoms with Gasteiger partial charge in [0.25, 0.3) is 0 Å². The van der Waals surface area contributed by atoms with Gasteiger partial charge in [-0.3, -0.25) is 4.90 Å². The van der Waals surface area contributed by atoms with E-state index in [1.54, 1.807) is 11.6 Å². The highest BCUT2D eigenvalue weighted by atomic mass is 19.1. The van der Waals surface area contributed by atoms with E-state index in [1.807, 2.05) is 6.08 Å². The minimum absolute atomic E-state index is 0.339. The summed E-state index contributed by atoms with van der Waals surface area (Å²) in [4.78, 5) is 5.40. The molecule has 4 atom stereocenters. The highest BCUT2D eigenvalue weighted by molar-refractivity contribution is 5.27. The number of nitrogens with one attached hydrogen (secondary N) is 1. The summed E-state index contributed by atoms with van der Waals surface area (Å²) in [6.07, 6.45) is 25.8. The molecular formula is C26H38FN3. The van der Waals surface area contributed by atoms with Crippen LogP contribution < -0.4 is 5.32 Å². The molecule has 3 nitrogen and oxygen atoms in total. The predicted octanol–water partition coefficient (Wildman–Crippen LogP) is 4.28. The molecule has 0 radical (unpaired) electrons. The van der Waals surface area contributed by atoms with Crippen LogP contribution >= 0.6 is 0 Å². The maximum atomic E-state index is 12.2. The van der Waals surface area contributed by atoms with Crippen LogP contribution in [0.1, 0.15) is 32.1 Å². The lowest BCUT2D eigenvalue weighted by molar-refractivity contribution is 0.184. The second-order valence-corrected chi connectivity index (χ2v) is 9.14. The molecule has 1 N–H and O–H groups in total. The molecule has 30 heavy (non-hydrogen) atoms. The van der Waals surface area contributed by atoms with Crippen molar-refractivity contribution in [2.75, 3.05) is 45.9 Å². The monoisotopic (exact) mass is 411 g/mol. The van der Waals surface area contributed by atoms with Gasteiger partial charge in [0.05, 0.1) is 0 Å². The van der Waals surface area contributed by atoms with Crippen molar-refractivity contribution in [2.45, 2.75) is 44.2 Å². The van der Waals surface area contributed by atoms with Crippen molar-refractivity contribution in [1.29, 1.82) is 0 Å². The quantitative estimate of drug-likeness (QED) is 0.572. The lowest BCUT2D eigenvalue weighted by Gasteiger charge is -2.38. The highest BCUT2D eigenvalue weighted by Crippen LogP contribution is 2.32. The van der Waals surface area contributed by atoms with Gasteiger partial charge in [0, 0.05) is 44.8 Å². The number of allylic oxidation sites excluding steroid dienone is 7. The summed E-state index contributed by atoms with van der Waals surface area (Å²) in [5, 5.41) is 3.66. The van der Waals surface area contributed by atoms with Crippen molar-refractivity contribution in [3.8, 4) is 0 Å². The molecule has 1 saturated carbocycles. The van der Waals surface area contributed by atoms with Crippen molar-refractivity contribution in [3.05, 3.63) is 60.3 Å². The van der Waals surface area contributed by atoms with Gasteiger partial charge in [-0.25, -0.2) is 4.39 Å². The molecule has 1 aliphatic heterocycles. The van der Waals surface area contributed by atoms with Crippen molar-refractivity contribution in [2.24, 2.45) is 11.8 Å². The molecule has 1 heterocycles. The summed E-state index contributed by atoms with van der Waals surface area (Å²) in [5.74, 6) is 1.15. The first kappa shape index (κ1) is 21.7. The Labute approximate surface area is 182 Å². The van der Waals surface area contributed by atoms with Crippen LogP contribution in [0.15, 0.2) is 60.3 Å². The van der Waals surface area contributed by atoms with E-state index in [-0.39, 0.29) is 6.67 Å². The number of halogens is 1. The largest absolute Gasteiger partial charge is 0.312 e. The fourth-order valence-corrected chi connectivity index (χ4v) is 5.27. The summed E-state index contributed by atoms with van der Waals surface area (Å²) in [6.45, 7) is 6.53. The van der Waals surface area contributed by atoms with E-state index in [0.717, 1.165) is 32.6 Å². The Balaban J connectivity index is 1.28. The molecule has 3 aliphatic carbocycles. The van der Waals surface area contributed by atoms with Gasteiger partial charge < -0.3 is 10.2 Å². The van der Waals surface area contributed by atoms with Crippen LogP contribution in [0.5, 0.6) is 0 Å². The Kier molecular flexibility index (Phi) is 8.13. The fourth-order valence-electron chi connectivity index (χ4n) is 5.27. The Morgan fingerprint density at radius 2 is 2.10 bits per heavy atom. The zero-order chi connectivity index (χ0) is 20.6. The number of rotatable bonds is 9. The Bertz CT molecular complexity index is 692. The van der Waals surface area contributed by atoms with E-state index in [9.17, 15) is 4.39 Å². The molecule has 1 saturated heterocycles. The molecule has 0 aromatic carbocycles. The zero-order valence-corrected chi connectivity index (χ0v) is 18.3. The lowest BCUT2D eigenvalue weighted by Crippen LogP contribution is -2.44. The first-order chi connectivity index (χ1) is 14.8. The van der Waals surface area contributed by atoms with Gasteiger partial charge >= 0.3 is 0 Å². The van der Waals surface area contributed by atoms with Crippen LogP contribution in [-0.4, -0.2) is 67.8 Å². The highest BCUT2D eigenvalue weighted by Gasteiger charge is 2.34. The van der Waals surface area contributed by atoms with Crippen molar-refractivity contribution >= 4 is 0 Å². The molecule has 2 fully saturated rings. The first-order valence-corrected chi connectivity index (χ1v) is 12.0. The molecule has 4 unspecified atom stereocenters. The SMILES string of the molecule is FC/C=C/C1CC1NCCN1CCCN(C(C2=CC=CCC2)C2C=CC=CC2)CC1. The maximum absolute atomic E-state index is 12.2. The Morgan fingerprint density at radius 3 is 2.90 bits per heavy atom. The second-order valence-electron chi connectivity index (χ2n) is 9.14.